The minimum Gasteiger partial charge on any atom is -0.351 e. The van der Waals surface area contributed by atoms with Crippen LogP contribution in [0.3, 0.4) is 0 Å². The fourth-order valence-corrected chi connectivity index (χ4v) is 4.69. The number of aromatic nitrogens is 1. The van der Waals surface area contributed by atoms with Crippen LogP contribution in [0.15, 0.2) is 48.5 Å². The molecule has 146 valence electrons. The third-order valence-corrected chi connectivity index (χ3v) is 6.71. The zero-order valence-corrected chi connectivity index (χ0v) is 17.3. The summed E-state index contributed by atoms with van der Waals surface area (Å²) in [4.78, 5) is 19.8. The Morgan fingerprint density at radius 2 is 1.96 bits per heavy atom. The second-order valence-corrected chi connectivity index (χ2v) is 8.88. The zero-order valence-electron chi connectivity index (χ0n) is 16.5. The molecule has 0 spiro atoms. The van der Waals surface area contributed by atoms with Crippen LogP contribution < -0.4 is 10.2 Å². The molecule has 1 aliphatic rings. The number of piperidine rings is 1. The Bertz CT molecular complexity index is 945. The summed E-state index contributed by atoms with van der Waals surface area (Å²) in [6.45, 7) is 7.23. The fourth-order valence-electron chi connectivity index (χ4n) is 3.64. The van der Waals surface area contributed by atoms with E-state index in [1.807, 2.05) is 36.4 Å². The molecule has 28 heavy (non-hydrogen) atoms. The van der Waals surface area contributed by atoms with Gasteiger partial charge in [-0.3, -0.25) is 4.79 Å². The molecular weight excluding hydrogens is 366 g/mol. The number of nitrogens with one attached hydrogen (secondary N) is 1. The first-order chi connectivity index (χ1) is 13.6. The third kappa shape index (κ3) is 4.20. The van der Waals surface area contributed by atoms with Crippen molar-refractivity contribution in [2.24, 2.45) is 5.92 Å². The minimum atomic E-state index is -0.0218. The van der Waals surface area contributed by atoms with Crippen molar-refractivity contribution in [2.45, 2.75) is 32.6 Å². The molecule has 2 aromatic carbocycles. The van der Waals surface area contributed by atoms with Gasteiger partial charge in [0.2, 0.25) is 0 Å². The van der Waals surface area contributed by atoms with Gasteiger partial charge in [0.05, 0.1) is 10.2 Å². The maximum absolute atomic E-state index is 12.6. The van der Waals surface area contributed by atoms with E-state index in [9.17, 15) is 4.79 Å². The highest BCUT2D eigenvalue weighted by Crippen LogP contribution is 2.32. The summed E-state index contributed by atoms with van der Waals surface area (Å²) >= 11 is 1.69. The lowest BCUT2D eigenvalue weighted by atomic mass is 10.00. The van der Waals surface area contributed by atoms with Crippen LogP contribution in [0.2, 0.25) is 0 Å². The summed E-state index contributed by atoms with van der Waals surface area (Å²) in [7, 11) is 0. The summed E-state index contributed by atoms with van der Waals surface area (Å²) in [5.41, 5.74) is 2.92. The summed E-state index contributed by atoms with van der Waals surface area (Å²) in [5, 5.41) is 4.15. The van der Waals surface area contributed by atoms with E-state index in [4.69, 9.17) is 4.98 Å². The fraction of sp³-hybridized carbons (Fsp3) is 0.391. The van der Waals surface area contributed by atoms with Crippen molar-refractivity contribution in [2.75, 3.05) is 24.5 Å². The molecule has 3 aromatic rings. The molecule has 1 amide bonds. The van der Waals surface area contributed by atoms with Gasteiger partial charge in [-0.15, -0.1) is 0 Å². The van der Waals surface area contributed by atoms with Gasteiger partial charge in [0, 0.05) is 25.2 Å². The number of nitrogens with zero attached hydrogens (tertiary/aromatic N) is 2. The van der Waals surface area contributed by atoms with E-state index in [0.29, 0.717) is 12.1 Å². The van der Waals surface area contributed by atoms with Crippen LogP contribution in [0.1, 0.15) is 48.5 Å². The van der Waals surface area contributed by atoms with E-state index in [-0.39, 0.29) is 11.8 Å². The van der Waals surface area contributed by atoms with Crippen molar-refractivity contribution in [3.05, 3.63) is 59.7 Å². The predicted molar refractivity (Wildman–Crippen MR) is 117 cm³/mol. The van der Waals surface area contributed by atoms with Crippen LogP contribution in [-0.4, -0.2) is 30.5 Å². The van der Waals surface area contributed by atoms with Gasteiger partial charge in [-0.25, -0.2) is 4.98 Å². The lowest BCUT2D eigenvalue weighted by Gasteiger charge is -2.29. The van der Waals surface area contributed by atoms with Crippen LogP contribution in [0, 0.1) is 5.92 Å². The molecule has 0 unspecified atom stereocenters. The molecule has 1 saturated heterocycles. The molecule has 4 rings (SSSR count). The van der Waals surface area contributed by atoms with Crippen molar-refractivity contribution < 1.29 is 4.79 Å². The Morgan fingerprint density at radius 1 is 1.21 bits per heavy atom. The van der Waals surface area contributed by atoms with Crippen LogP contribution in [-0.2, 0) is 0 Å². The maximum atomic E-state index is 12.6. The zero-order chi connectivity index (χ0) is 19.5. The second-order valence-electron chi connectivity index (χ2n) is 7.87. The summed E-state index contributed by atoms with van der Waals surface area (Å²) in [6, 6.07) is 16.1. The Morgan fingerprint density at radius 3 is 2.71 bits per heavy atom. The smallest absolute Gasteiger partial charge is 0.251 e. The van der Waals surface area contributed by atoms with Gasteiger partial charge < -0.3 is 10.2 Å². The number of anilines is 1. The number of rotatable bonds is 5. The van der Waals surface area contributed by atoms with Gasteiger partial charge in [-0.1, -0.05) is 55.5 Å². The number of amides is 1. The van der Waals surface area contributed by atoms with E-state index in [1.165, 1.54) is 18.4 Å². The van der Waals surface area contributed by atoms with Gasteiger partial charge in [-0.2, -0.15) is 0 Å². The van der Waals surface area contributed by atoms with Gasteiger partial charge in [0.15, 0.2) is 5.13 Å². The maximum Gasteiger partial charge on any atom is 0.251 e. The highest BCUT2D eigenvalue weighted by Gasteiger charge is 2.19. The van der Waals surface area contributed by atoms with Gasteiger partial charge in [0.25, 0.3) is 5.91 Å². The first-order valence-electron chi connectivity index (χ1n) is 10.1. The number of fused-ring (bicyclic) bond motifs is 1. The van der Waals surface area contributed by atoms with Crippen molar-refractivity contribution in [1.82, 2.24) is 10.3 Å². The van der Waals surface area contributed by atoms with Crippen molar-refractivity contribution in [3.63, 3.8) is 0 Å². The van der Waals surface area contributed by atoms with Crippen LogP contribution in [0.5, 0.6) is 0 Å². The first kappa shape index (κ1) is 18.9. The summed E-state index contributed by atoms with van der Waals surface area (Å²) in [6.07, 6.45) is 2.45. The van der Waals surface area contributed by atoms with E-state index >= 15 is 0 Å². The molecule has 1 N–H and O–H groups in total. The molecule has 0 saturated carbocycles. The number of hydrogen-bond acceptors (Lipinski definition) is 4. The quantitative estimate of drug-likeness (QED) is 0.658. The SMILES string of the molecule is CC1CCN(c2nc3ccc(C(=O)NC[C@H](C)c4ccccc4)cc3s2)CC1. The Hall–Kier alpha value is -2.40. The standard InChI is InChI=1S/C23H27N3OS/c1-16-10-12-26(13-11-16)23-25-20-9-8-19(14-21(20)28-23)22(27)24-15-17(2)18-6-4-3-5-7-18/h3-9,14,16-17H,10-13,15H2,1-2H3,(H,24,27)/t17-/m0/s1. The summed E-state index contributed by atoms with van der Waals surface area (Å²) in [5.74, 6) is 1.07. The number of carbonyl (C=O) groups is 1. The monoisotopic (exact) mass is 393 g/mol. The Kier molecular flexibility index (Phi) is 5.62. The number of carbonyl (C=O) groups excluding carboxylic acids is 1. The largest absolute Gasteiger partial charge is 0.351 e. The second kappa shape index (κ2) is 8.31. The van der Waals surface area contributed by atoms with Gasteiger partial charge in [0.1, 0.15) is 0 Å². The molecule has 1 atom stereocenters. The number of thiazole rings is 1. The molecule has 0 bridgehead atoms. The minimum absolute atomic E-state index is 0.0218. The molecule has 1 aliphatic heterocycles. The molecule has 0 radical (unpaired) electrons. The topological polar surface area (TPSA) is 45.2 Å². The number of benzene rings is 2. The van der Waals surface area contributed by atoms with Crippen molar-refractivity contribution >= 4 is 32.6 Å². The van der Waals surface area contributed by atoms with Crippen LogP contribution in [0.4, 0.5) is 5.13 Å². The molecule has 1 fully saturated rings. The molecular formula is C23H27N3OS. The van der Waals surface area contributed by atoms with Crippen LogP contribution in [0.25, 0.3) is 10.2 Å². The molecule has 4 nitrogen and oxygen atoms in total. The highest BCUT2D eigenvalue weighted by molar-refractivity contribution is 7.22. The lowest BCUT2D eigenvalue weighted by molar-refractivity contribution is 0.0952. The van der Waals surface area contributed by atoms with Crippen molar-refractivity contribution in [3.8, 4) is 0 Å². The highest BCUT2D eigenvalue weighted by atomic mass is 32.1. The van der Waals surface area contributed by atoms with E-state index in [1.54, 1.807) is 11.3 Å². The van der Waals surface area contributed by atoms with Gasteiger partial charge >= 0.3 is 0 Å². The normalized spacial score (nSPS) is 16.3. The predicted octanol–water partition coefficient (Wildman–Crippen LogP) is 5.07. The Balaban J connectivity index is 1.43. The summed E-state index contributed by atoms with van der Waals surface area (Å²) < 4.78 is 1.08. The Labute approximate surface area is 170 Å². The van der Waals surface area contributed by atoms with Crippen molar-refractivity contribution in [1.29, 1.82) is 0 Å². The average molecular weight is 394 g/mol. The van der Waals surface area contributed by atoms with Gasteiger partial charge in [-0.05, 0) is 48.4 Å². The molecule has 0 aliphatic carbocycles. The first-order valence-corrected chi connectivity index (χ1v) is 10.9. The van der Waals surface area contributed by atoms with Crippen LogP contribution >= 0.6 is 11.3 Å². The lowest BCUT2D eigenvalue weighted by Crippen LogP contribution is -2.32. The molecule has 5 heteroatoms. The molecule has 2 heterocycles. The van der Waals surface area contributed by atoms with E-state index in [2.05, 4.69) is 36.2 Å². The van der Waals surface area contributed by atoms with E-state index < -0.39 is 0 Å². The average Bonchev–Trinajstić information content (AvgIpc) is 3.16. The number of hydrogen-bond donors (Lipinski definition) is 1. The third-order valence-electron chi connectivity index (χ3n) is 5.63. The molecule has 1 aromatic heterocycles. The van der Waals surface area contributed by atoms with E-state index in [0.717, 1.165) is 34.4 Å².